The summed E-state index contributed by atoms with van der Waals surface area (Å²) in [5, 5.41) is 12.9. The molecule has 0 spiro atoms. The molecule has 0 bridgehead atoms. The number of nitrogens with zero attached hydrogens (tertiary/aromatic N) is 3. The SMILES string of the molecule is CC(C)c1ccc(-n2nc3ccc(NC(=O)c4cc5ccccc5o4)cc3n2)cc1. The summed E-state index contributed by atoms with van der Waals surface area (Å²) in [7, 11) is 0. The number of nitrogens with one attached hydrogen (secondary N) is 1. The highest BCUT2D eigenvalue weighted by Gasteiger charge is 2.13. The molecule has 0 aliphatic rings. The summed E-state index contributed by atoms with van der Waals surface area (Å²) in [6, 6.07) is 22.9. The van der Waals surface area contributed by atoms with Gasteiger partial charge in [0.25, 0.3) is 5.91 Å². The average molecular weight is 396 g/mol. The van der Waals surface area contributed by atoms with Crippen molar-refractivity contribution in [1.29, 1.82) is 0 Å². The van der Waals surface area contributed by atoms with Gasteiger partial charge in [0.1, 0.15) is 16.6 Å². The maximum atomic E-state index is 12.6. The molecule has 6 heteroatoms. The normalized spacial score (nSPS) is 11.4. The molecular weight excluding hydrogens is 376 g/mol. The quantitative estimate of drug-likeness (QED) is 0.433. The Morgan fingerprint density at radius 3 is 2.47 bits per heavy atom. The summed E-state index contributed by atoms with van der Waals surface area (Å²) in [5.41, 5.74) is 4.93. The fourth-order valence-corrected chi connectivity index (χ4v) is 3.39. The predicted octanol–water partition coefficient (Wildman–Crippen LogP) is 5.54. The summed E-state index contributed by atoms with van der Waals surface area (Å²) >= 11 is 0. The number of fused-ring (bicyclic) bond motifs is 2. The van der Waals surface area contributed by atoms with Gasteiger partial charge in [-0.15, -0.1) is 10.2 Å². The molecule has 5 rings (SSSR count). The zero-order valence-electron chi connectivity index (χ0n) is 16.7. The minimum atomic E-state index is -0.304. The molecule has 0 atom stereocenters. The molecule has 1 amide bonds. The minimum Gasteiger partial charge on any atom is -0.451 e. The first-order valence-electron chi connectivity index (χ1n) is 9.84. The van der Waals surface area contributed by atoms with E-state index in [1.54, 1.807) is 10.9 Å². The van der Waals surface area contributed by atoms with E-state index in [4.69, 9.17) is 4.42 Å². The molecule has 0 unspecified atom stereocenters. The lowest BCUT2D eigenvalue weighted by atomic mass is 10.0. The van der Waals surface area contributed by atoms with E-state index in [9.17, 15) is 4.79 Å². The van der Waals surface area contributed by atoms with E-state index in [0.717, 1.165) is 16.6 Å². The molecule has 0 aliphatic heterocycles. The van der Waals surface area contributed by atoms with E-state index in [0.29, 0.717) is 22.7 Å². The molecule has 30 heavy (non-hydrogen) atoms. The lowest BCUT2D eigenvalue weighted by Gasteiger charge is -2.05. The van der Waals surface area contributed by atoms with Crippen LogP contribution in [0, 0.1) is 0 Å². The fraction of sp³-hybridized carbons (Fsp3) is 0.125. The number of benzene rings is 3. The van der Waals surface area contributed by atoms with Gasteiger partial charge in [0.05, 0.1) is 5.69 Å². The van der Waals surface area contributed by atoms with Crippen LogP contribution in [0.5, 0.6) is 0 Å². The summed E-state index contributed by atoms with van der Waals surface area (Å²) in [6.45, 7) is 4.33. The molecule has 6 nitrogen and oxygen atoms in total. The second-order valence-corrected chi connectivity index (χ2v) is 7.54. The lowest BCUT2D eigenvalue weighted by Crippen LogP contribution is -2.10. The highest BCUT2D eigenvalue weighted by atomic mass is 16.3. The van der Waals surface area contributed by atoms with E-state index in [-0.39, 0.29) is 11.7 Å². The molecule has 3 aromatic carbocycles. The molecule has 0 aliphatic carbocycles. The van der Waals surface area contributed by atoms with Crippen molar-refractivity contribution >= 4 is 33.6 Å². The monoisotopic (exact) mass is 396 g/mol. The third-order valence-corrected chi connectivity index (χ3v) is 5.08. The van der Waals surface area contributed by atoms with Crippen molar-refractivity contribution in [1.82, 2.24) is 15.0 Å². The third-order valence-electron chi connectivity index (χ3n) is 5.08. The zero-order chi connectivity index (χ0) is 20.7. The maximum absolute atomic E-state index is 12.6. The summed E-state index contributed by atoms with van der Waals surface area (Å²) in [4.78, 5) is 14.2. The van der Waals surface area contributed by atoms with Gasteiger partial charge in [-0.1, -0.05) is 44.2 Å². The van der Waals surface area contributed by atoms with Crippen molar-refractivity contribution in [3.05, 3.63) is 84.1 Å². The topological polar surface area (TPSA) is 73.0 Å². The Balaban J connectivity index is 1.40. The number of para-hydroxylation sites is 1. The first kappa shape index (κ1) is 18.1. The second-order valence-electron chi connectivity index (χ2n) is 7.54. The lowest BCUT2D eigenvalue weighted by molar-refractivity contribution is 0.0998. The smallest absolute Gasteiger partial charge is 0.291 e. The predicted molar refractivity (Wildman–Crippen MR) is 117 cm³/mol. The highest BCUT2D eigenvalue weighted by molar-refractivity contribution is 6.05. The van der Waals surface area contributed by atoms with Crippen LogP contribution in [0.4, 0.5) is 5.69 Å². The van der Waals surface area contributed by atoms with E-state index in [1.807, 2.05) is 54.6 Å². The van der Waals surface area contributed by atoms with Crippen molar-refractivity contribution in [3.63, 3.8) is 0 Å². The number of anilines is 1. The number of rotatable bonds is 4. The molecule has 0 fully saturated rings. The van der Waals surface area contributed by atoms with Gasteiger partial charge in [0.2, 0.25) is 0 Å². The van der Waals surface area contributed by atoms with Crippen molar-refractivity contribution in [2.75, 3.05) is 5.32 Å². The van der Waals surface area contributed by atoms with Crippen LogP contribution < -0.4 is 5.32 Å². The van der Waals surface area contributed by atoms with Crippen LogP contribution in [0.3, 0.4) is 0 Å². The van der Waals surface area contributed by atoms with Crippen molar-refractivity contribution in [2.24, 2.45) is 0 Å². The van der Waals surface area contributed by atoms with Crippen molar-refractivity contribution in [2.45, 2.75) is 19.8 Å². The maximum Gasteiger partial charge on any atom is 0.291 e. The van der Waals surface area contributed by atoms with Crippen LogP contribution in [-0.4, -0.2) is 20.9 Å². The van der Waals surface area contributed by atoms with Gasteiger partial charge >= 0.3 is 0 Å². The Labute approximate surface area is 173 Å². The Bertz CT molecular complexity index is 1330. The number of carbonyl (C=O) groups is 1. The molecular formula is C24H20N4O2. The largest absolute Gasteiger partial charge is 0.451 e. The van der Waals surface area contributed by atoms with Gasteiger partial charge in [-0.05, 0) is 53.9 Å². The molecule has 1 N–H and O–H groups in total. The summed E-state index contributed by atoms with van der Waals surface area (Å²) in [5.74, 6) is 0.439. The number of hydrogen-bond donors (Lipinski definition) is 1. The molecule has 148 valence electrons. The van der Waals surface area contributed by atoms with Gasteiger partial charge in [-0.3, -0.25) is 4.79 Å². The van der Waals surface area contributed by atoms with E-state index < -0.39 is 0 Å². The van der Waals surface area contributed by atoms with E-state index >= 15 is 0 Å². The van der Waals surface area contributed by atoms with Crippen LogP contribution in [0.25, 0.3) is 27.7 Å². The Hall–Kier alpha value is -3.93. The number of hydrogen-bond acceptors (Lipinski definition) is 4. The van der Waals surface area contributed by atoms with Gasteiger partial charge in [0.15, 0.2) is 5.76 Å². The summed E-state index contributed by atoms with van der Waals surface area (Å²) < 4.78 is 5.63. The van der Waals surface area contributed by atoms with Crippen molar-refractivity contribution < 1.29 is 9.21 Å². The van der Waals surface area contributed by atoms with Crippen LogP contribution in [0.1, 0.15) is 35.9 Å². The highest BCUT2D eigenvalue weighted by Crippen LogP contribution is 2.22. The molecule has 2 heterocycles. The molecule has 0 radical (unpaired) electrons. The van der Waals surface area contributed by atoms with Gasteiger partial charge < -0.3 is 9.73 Å². The molecule has 2 aromatic heterocycles. The first-order chi connectivity index (χ1) is 14.6. The molecule has 0 saturated carbocycles. The number of amides is 1. The second kappa shape index (κ2) is 7.15. The zero-order valence-corrected chi connectivity index (χ0v) is 16.7. The number of aromatic nitrogens is 3. The fourth-order valence-electron chi connectivity index (χ4n) is 3.39. The minimum absolute atomic E-state index is 0.269. The third kappa shape index (κ3) is 3.33. The number of furan rings is 1. The standard InChI is InChI=1S/C24H20N4O2/c1-15(2)16-7-10-19(11-8-16)28-26-20-12-9-18(14-21(20)27-28)25-24(29)23-13-17-5-3-4-6-22(17)30-23/h3-15H,1-2H3,(H,25,29). The Morgan fingerprint density at radius 1 is 0.933 bits per heavy atom. The number of carbonyl (C=O) groups excluding carboxylic acids is 1. The van der Waals surface area contributed by atoms with E-state index in [2.05, 4.69) is 41.5 Å². The van der Waals surface area contributed by atoms with Gasteiger partial charge in [-0.2, -0.15) is 4.80 Å². The van der Waals surface area contributed by atoms with Gasteiger partial charge in [0, 0.05) is 11.1 Å². The van der Waals surface area contributed by atoms with Crippen LogP contribution >= 0.6 is 0 Å². The van der Waals surface area contributed by atoms with Crippen LogP contribution in [-0.2, 0) is 0 Å². The van der Waals surface area contributed by atoms with Crippen LogP contribution in [0.2, 0.25) is 0 Å². The average Bonchev–Trinajstić information content (AvgIpc) is 3.37. The van der Waals surface area contributed by atoms with Crippen LogP contribution in [0.15, 0.2) is 77.2 Å². The Morgan fingerprint density at radius 2 is 1.70 bits per heavy atom. The van der Waals surface area contributed by atoms with E-state index in [1.165, 1.54) is 5.56 Å². The van der Waals surface area contributed by atoms with Crippen molar-refractivity contribution in [3.8, 4) is 5.69 Å². The Kier molecular flexibility index (Phi) is 4.32. The molecule has 5 aromatic rings. The van der Waals surface area contributed by atoms with Gasteiger partial charge in [-0.25, -0.2) is 0 Å². The summed E-state index contributed by atoms with van der Waals surface area (Å²) in [6.07, 6.45) is 0. The molecule has 0 saturated heterocycles. The first-order valence-corrected chi connectivity index (χ1v) is 9.84.